The Bertz CT molecular complexity index is 1140. The molecule has 1 aromatic heterocycles. The molecule has 1 saturated heterocycles. The number of halogens is 1. The number of amides is 3. The van der Waals surface area contributed by atoms with Gasteiger partial charge in [-0.1, -0.05) is 11.6 Å². The molecule has 0 spiro atoms. The van der Waals surface area contributed by atoms with E-state index in [2.05, 4.69) is 15.7 Å². The first-order valence-electron chi connectivity index (χ1n) is 10.6. The number of methoxy groups -OCH3 is 1. The molecule has 3 amide bonds. The second-order valence-corrected chi connectivity index (χ2v) is 8.51. The van der Waals surface area contributed by atoms with Gasteiger partial charge in [0.25, 0.3) is 0 Å². The second-order valence-electron chi connectivity index (χ2n) is 8.07. The average molecular weight is 468 g/mol. The number of anilines is 2. The number of hydrogen-bond donors (Lipinski definition) is 2. The third-order valence-electron chi connectivity index (χ3n) is 5.64. The standard InChI is InChI=1S/C24H26ClN5O3/c1-15-12-16(2)30(28-15)20-10-8-18(9-11-20)26-23(31)22-13-21(33-3)14-29(22)24(32)27-19-6-4-17(25)5-7-19/h4-12,21-22H,13-14H2,1-3H3,(H,26,31)(H,27,32)/t21-,22-/m1/s1. The molecule has 1 fully saturated rings. The van der Waals surface area contributed by atoms with Crippen LogP contribution >= 0.6 is 11.6 Å². The summed E-state index contributed by atoms with van der Waals surface area (Å²) in [5.74, 6) is -0.264. The van der Waals surface area contributed by atoms with E-state index in [0.29, 0.717) is 29.4 Å². The van der Waals surface area contributed by atoms with Crippen molar-refractivity contribution in [3.63, 3.8) is 0 Å². The average Bonchev–Trinajstić information content (AvgIpc) is 3.39. The number of aryl methyl sites for hydroxylation is 2. The van der Waals surface area contributed by atoms with Crippen molar-refractivity contribution in [1.29, 1.82) is 0 Å². The fourth-order valence-electron chi connectivity index (χ4n) is 3.97. The predicted molar refractivity (Wildman–Crippen MR) is 128 cm³/mol. The summed E-state index contributed by atoms with van der Waals surface area (Å²) in [5, 5.41) is 10.8. The highest BCUT2D eigenvalue weighted by atomic mass is 35.5. The summed E-state index contributed by atoms with van der Waals surface area (Å²) >= 11 is 5.91. The summed E-state index contributed by atoms with van der Waals surface area (Å²) in [4.78, 5) is 27.5. The van der Waals surface area contributed by atoms with Crippen LogP contribution in [0.5, 0.6) is 0 Å². The molecule has 172 valence electrons. The number of ether oxygens (including phenoxy) is 1. The highest BCUT2D eigenvalue weighted by Crippen LogP contribution is 2.24. The van der Waals surface area contributed by atoms with Crippen molar-refractivity contribution >= 4 is 34.9 Å². The van der Waals surface area contributed by atoms with E-state index in [1.807, 2.05) is 48.9 Å². The number of rotatable bonds is 5. The Morgan fingerprint density at radius 3 is 2.27 bits per heavy atom. The van der Waals surface area contributed by atoms with E-state index >= 15 is 0 Å². The van der Waals surface area contributed by atoms with E-state index in [-0.39, 0.29) is 18.0 Å². The first kappa shape index (κ1) is 22.8. The zero-order chi connectivity index (χ0) is 23.5. The fraction of sp³-hybridized carbons (Fsp3) is 0.292. The lowest BCUT2D eigenvalue weighted by Crippen LogP contribution is -2.45. The van der Waals surface area contributed by atoms with Gasteiger partial charge in [-0.25, -0.2) is 9.48 Å². The number of benzene rings is 2. The largest absolute Gasteiger partial charge is 0.380 e. The van der Waals surface area contributed by atoms with Crippen LogP contribution < -0.4 is 10.6 Å². The molecule has 0 unspecified atom stereocenters. The van der Waals surface area contributed by atoms with Crippen LogP contribution in [0.3, 0.4) is 0 Å². The molecule has 0 bridgehead atoms. The number of hydrogen-bond acceptors (Lipinski definition) is 4. The van der Waals surface area contributed by atoms with Gasteiger partial charge >= 0.3 is 6.03 Å². The van der Waals surface area contributed by atoms with Crippen molar-refractivity contribution in [1.82, 2.24) is 14.7 Å². The first-order valence-corrected chi connectivity index (χ1v) is 11.0. The number of carbonyl (C=O) groups excluding carboxylic acids is 2. The monoisotopic (exact) mass is 467 g/mol. The van der Waals surface area contributed by atoms with Gasteiger partial charge in [-0.05, 0) is 68.4 Å². The van der Waals surface area contributed by atoms with Crippen molar-refractivity contribution in [3.05, 3.63) is 71.0 Å². The molecule has 1 aliphatic heterocycles. The van der Waals surface area contributed by atoms with Gasteiger partial charge in [-0.3, -0.25) is 4.79 Å². The van der Waals surface area contributed by atoms with Crippen LogP contribution in [0.25, 0.3) is 5.69 Å². The van der Waals surface area contributed by atoms with Gasteiger partial charge in [0.05, 0.1) is 17.5 Å². The van der Waals surface area contributed by atoms with Crippen LogP contribution in [-0.4, -0.2) is 52.4 Å². The molecule has 4 rings (SSSR count). The Hall–Kier alpha value is -3.36. The molecule has 2 aromatic carbocycles. The molecule has 3 aromatic rings. The highest BCUT2D eigenvalue weighted by molar-refractivity contribution is 6.30. The minimum absolute atomic E-state index is 0.217. The fourth-order valence-corrected chi connectivity index (χ4v) is 4.10. The second kappa shape index (κ2) is 9.64. The van der Waals surface area contributed by atoms with Crippen molar-refractivity contribution in [2.24, 2.45) is 0 Å². The van der Waals surface area contributed by atoms with Crippen LogP contribution in [0.1, 0.15) is 17.8 Å². The maximum Gasteiger partial charge on any atom is 0.322 e. The van der Waals surface area contributed by atoms with Crippen molar-refractivity contribution in [2.75, 3.05) is 24.3 Å². The van der Waals surface area contributed by atoms with Crippen molar-refractivity contribution in [2.45, 2.75) is 32.4 Å². The van der Waals surface area contributed by atoms with Crippen LogP contribution in [0.15, 0.2) is 54.6 Å². The smallest absolute Gasteiger partial charge is 0.322 e. The van der Waals surface area contributed by atoms with E-state index < -0.39 is 6.04 Å². The molecule has 1 aliphatic rings. The van der Waals surface area contributed by atoms with E-state index in [1.165, 1.54) is 4.90 Å². The van der Waals surface area contributed by atoms with Crippen LogP contribution in [0.4, 0.5) is 16.2 Å². The molecule has 8 nitrogen and oxygen atoms in total. The number of urea groups is 1. The Kier molecular flexibility index (Phi) is 6.67. The number of likely N-dealkylation sites (tertiary alicyclic amines) is 1. The van der Waals surface area contributed by atoms with Gasteiger partial charge in [0.1, 0.15) is 6.04 Å². The van der Waals surface area contributed by atoms with Crippen LogP contribution in [-0.2, 0) is 9.53 Å². The zero-order valence-electron chi connectivity index (χ0n) is 18.7. The Balaban J connectivity index is 1.45. The summed E-state index contributed by atoms with van der Waals surface area (Å²) < 4.78 is 7.29. The summed E-state index contributed by atoms with van der Waals surface area (Å²) in [6.07, 6.45) is 0.199. The van der Waals surface area contributed by atoms with Gasteiger partial charge in [0.2, 0.25) is 5.91 Å². The normalized spacial score (nSPS) is 17.8. The molecule has 2 atom stereocenters. The van der Waals surface area contributed by atoms with Crippen LogP contribution in [0, 0.1) is 13.8 Å². The highest BCUT2D eigenvalue weighted by Gasteiger charge is 2.40. The number of carbonyl (C=O) groups is 2. The first-order chi connectivity index (χ1) is 15.8. The Morgan fingerprint density at radius 1 is 1.03 bits per heavy atom. The molecule has 0 aliphatic carbocycles. The minimum Gasteiger partial charge on any atom is -0.380 e. The maximum absolute atomic E-state index is 13.1. The molecular weight excluding hydrogens is 442 g/mol. The summed E-state index contributed by atoms with van der Waals surface area (Å²) in [6, 6.07) is 15.2. The zero-order valence-corrected chi connectivity index (χ0v) is 19.5. The van der Waals surface area contributed by atoms with Gasteiger partial charge in [0, 0.05) is 42.2 Å². The molecule has 0 saturated carbocycles. The van der Waals surface area contributed by atoms with Gasteiger partial charge < -0.3 is 20.3 Å². The SMILES string of the molecule is CO[C@@H]1C[C@H](C(=O)Nc2ccc(-n3nc(C)cc3C)cc2)N(C(=O)Nc2ccc(Cl)cc2)C1. The van der Waals surface area contributed by atoms with Crippen molar-refractivity contribution < 1.29 is 14.3 Å². The predicted octanol–water partition coefficient (Wildman–Crippen LogP) is 4.40. The third kappa shape index (κ3) is 5.18. The molecule has 2 N–H and O–H groups in total. The quantitative estimate of drug-likeness (QED) is 0.582. The number of nitrogens with one attached hydrogen (secondary N) is 2. The van der Waals surface area contributed by atoms with E-state index in [9.17, 15) is 9.59 Å². The number of nitrogens with zero attached hydrogens (tertiary/aromatic N) is 3. The van der Waals surface area contributed by atoms with Gasteiger partial charge in [-0.15, -0.1) is 0 Å². The minimum atomic E-state index is -0.655. The third-order valence-corrected chi connectivity index (χ3v) is 5.90. The molecule has 9 heteroatoms. The lowest BCUT2D eigenvalue weighted by atomic mass is 10.1. The Morgan fingerprint density at radius 2 is 1.67 bits per heavy atom. The van der Waals surface area contributed by atoms with Gasteiger partial charge in [-0.2, -0.15) is 5.10 Å². The Labute approximate surface area is 197 Å². The van der Waals surface area contributed by atoms with E-state index in [0.717, 1.165) is 17.1 Å². The molecule has 2 heterocycles. The molecular formula is C24H26ClN5O3. The molecule has 33 heavy (non-hydrogen) atoms. The topological polar surface area (TPSA) is 88.5 Å². The van der Waals surface area contributed by atoms with E-state index in [4.69, 9.17) is 16.3 Å². The number of aromatic nitrogens is 2. The van der Waals surface area contributed by atoms with Crippen molar-refractivity contribution in [3.8, 4) is 5.69 Å². The summed E-state index contributed by atoms with van der Waals surface area (Å²) in [6.45, 7) is 4.26. The molecule has 0 radical (unpaired) electrons. The summed E-state index contributed by atoms with van der Waals surface area (Å²) in [5.41, 5.74) is 4.12. The lowest BCUT2D eigenvalue weighted by molar-refractivity contribution is -0.119. The van der Waals surface area contributed by atoms with Crippen LogP contribution in [0.2, 0.25) is 5.02 Å². The summed E-state index contributed by atoms with van der Waals surface area (Å²) in [7, 11) is 1.58. The lowest BCUT2D eigenvalue weighted by Gasteiger charge is -2.24. The van der Waals surface area contributed by atoms with Gasteiger partial charge in [0.15, 0.2) is 0 Å². The maximum atomic E-state index is 13.1. The van der Waals surface area contributed by atoms with E-state index in [1.54, 1.807) is 31.4 Å².